The van der Waals surface area contributed by atoms with E-state index >= 15 is 0 Å². The van der Waals surface area contributed by atoms with Gasteiger partial charge in [-0.15, -0.1) is 0 Å². The van der Waals surface area contributed by atoms with Crippen molar-refractivity contribution >= 4 is 29.2 Å². The standard InChI is InChI=1S/C28H27N3O5/c1-28(2,3)36-27(34)31-23-12-11-20(19-8-6-10-22(14-19)35-4)15-24(23)30-26(33)16-25(32)21-9-5-7-18(13-21)17-29/h5-15H,16H2,1-4H3,(H,30,33)(H,31,34). The van der Waals surface area contributed by atoms with E-state index in [1.165, 1.54) is 6.07 Å². The number of carbonyl (C=O) groups excluding carboxylic acids is 3. The van der Waals surface area contributed by atoms with Crippen LogP contribution in [0.5, 0.6) is 5.75 Å². The lowest BCUT2D eigenvalue weighted by Gasteiger charge is -2.21. The van der Waals surface area contributed by atoms with E-state index < -0.39 is 29.8 Å². The van der Waals surface area contributed by atoms with E-state index in [0.717, 1.165) is 11.1 Å². The van der Waals surface area contributed by atoms with Crippen molar-refractivity contribution in [2.24, 2.45) is 0 Å². The number of rotatable bonds is 7. The first kappa shape index (κ1) is 26.0. The van der Waals surface area contributed by atoms with Crippen LogP contribution in [0.1, 0.15) is 43.1 Å². The molecule has 3 rings (SSSR count). The number of carbonyl (C=O) groups is 3. The van der Waals surface area contributed by atoms with Crippen LogP contribution in [0.2, 0.25) is 0 Å². The molecule has 2 N–H and O–H groups in total. The Morgan fingerprint density at radius 2 is 1.61 bits per heavy atom. The van der Waals surface area contributed by atoms with Gasteiger partial charge in [-0.05, 0) is 68.3 Å². The summed E-state index contributed by atoms with van der Waals surface area (Å²) in [6.07, 6.45) is -1.12. The minimum atomic E-state index is -0.710. The molecule has 3 aromatic carbocycles. The highest BCUT2D eigenvalue weighted by molar-refractivity contribution is 6.12. The molecule has 2 amide bonds. The Labute approximate surface area is 209 Å². The summed E-state index contributed by atoms with van der Waals surface area (Å²) in [5.74, 6) is -0.341. The Kier molecular flexibility index (Phi) is 8.07. The molecule has 0 aliphatic rings. The van der Waals surface area contributed by atoms with Crippen LogP contribution in [0.3, 0.4) is 0 Å². The Hall–Kier alpha value is -4.64. The third kappa shape index (κ3) is 7.18. The first-order valence-corrected chi connectivity index (χ1v) is 11.2. The third-order valence-corrected chi connectivity index (χ3v) is 4.97. The second-order valence-corrected chi connectivity index (χ2v) is 8.96. The summed E-state index contributed by atoms with van der Waals surface area (Å²) >= 11 is 0. The molecule has 8 nitrogen and oxygen atoms in total. The van der Waals surface area contributed by atoms with Gasteiger partial charge in [-0.2, -0.15) is 5.26 Å². The minimum Gasteiger partial charge on any atom is -0.497 e. The first-order chi connectivity index (χ1) is 17.1. The predicted molar refractivity (Wildman–Crippen MR) is 137 cm³/mol. The number of nitriles is 1. The van der Waals surface area contributed by atoms with Crippen molar-refractivity contribution in [2.75, 3.05) is 17.7 Å². The highest BCUT2D eigenvalue weighted by atomic mass is 16.6. The van der Waals surface area contributed by atoms with Crippen molar-refractivity contribution in [2.45, 2.75) is 32.8 Å². The molecule has 0 bridgehead atoms. The van der Waals surface area contributed by atoms with Gasteiger partial charge in [0.05, 0.1) is 36.5 Å². The van der Waals surface area contributed by atoms with Crippen LogP contribution < -0.4 is 15.4 Å². The van der Waals surface area contributed by atoms with Crippen LogP contribution in [0.15, 0.2) is 66.7 Å². The van der Waals surface area contributed by atoms with Crippen molar-refractivity contribution in [3.8, 4) is 22.9 Å². The normalized spacial score (nSPS) is 10.6. The second kappa shape index (κ2) is 11.2. The number of benzene rings is 3. The Morgan fingerprint density at radius 1 is 0.889 bits per heavy atom. The van der Waals surface area contributed by atoms with Gasteiger partial charge < -0.3 is 14.8 Å². The summed E-state index contributed by atoms with van der Waals surface area (Å²) in [7, 11) is 1.57. The van der Waals surface area contributed by atoms with E-state index in [1.54, 1.807) is 64.3 Å². The number of Topliss-reactive ketones (excluding diaryl/α,β-unsaturated/α-hetero) is 1. The van der Waals surface area contributed by atoms with Crippen molar-refractivity contribution in [1.29, 1.82) is 5.26 Å². The summed E-state index contributed by atoms with van der Waals surface area (Å²) < 4.78 is 10.6. The molecule has 0 saturated heterocycles. The van der Waals surface area contributed by atoms with Crippen molar-refractivity contribution in [3.63, 3.8) is 0 Å². The average Bonchev–Trinajstić information content (AvgIpc) is 2.84. The molecule has 0 radical (unpaired) electrons. The monoisotopic (exact) mass is 485 g/mol. The molecule has 184 valence electrons. The maximum Gasteiger partial charge on any atom is 0.412 e. The van der Waals surface area contributed by atoms with Gasteiger partial charge in [-0.25, -0.2) is 4.79 Å². The summed E-state index contributed by atoms with van der Waals surface area (Å²) in [6, 6.07) is 20.6. The van der Waals surface area contributed by atoms with E-state index in [9.17, 15) is 14.4 Å². The van der Waals surface area contributed by atoms with E-state index in [1.807, 2.05) is 30.3 Å². The number of nitrogens with zero attached hydrogens (tertiary/aromatic N) is 1. The van der Waals surface area contributed by atoms with Gasteiger partial charge >= 0.3 is 6.09 Å². The van der Waals surface area contributed by atoms with Crippen LogP contribution >= 0.6 is 0 Å². The Morgan fingerprint density at radius 3 is 2.31 bits per heavy atom. The number of hydrogen-bond acceptors (Lipinski definition) is 6. The van der Waals surface area contributed by atoms with E-state index in [4.69, 9.17) is 14.7 Å². The fourth-order valence-corrected chi connectivity index (χ4v) is 3.36. The quantitative estimate of drug-likeness (QED) is 0.323. The maximum atomic E-state index is 12.8. The SMILES string of the molecule is COc1cccc(-c2ccc(NC(=O)OC(C)(C)C)c(NC(=O)CC(=O)c3cccc(C#N)c3)c2)c1. The maximum absolute atomic E-state index is 12.8. The summed E-state index contributed by atoms with van der Waals surface area (Å²) in [5, 5.41) is 14.4. The van der Waals surface area contributed by atoms with Crippen molar-refractivity contribution < 1.29 is 23.9 Å². The Balaban J connectivity index is 1.88. The van der Waals surface area contributed by atoms with Gasteiger partial charge in [-0.3, -0.25) is 14.9 Å². The molecule has 3 aromatic rings. The van der Waals surface area contributed by atoms with E-state index in [0.29, 0.717) is 22.7 Å². The van der Waals surface area contributed by atoms with Gasteiger partial charge in [0.1, 0.15) is 11.4 Å². The zero-order chi connectivity index (χ0) is 26.3. The van der Waals surface area contributed by atoms with Gasteiger partial charge in [0.2, 0.25) is 5.91 Å². The van der Waals surface area contributed by atoms with Crippen LogP contribution in [0.25, 0.3) is 11.1 Å². The highest BCUT2D eigenvalue weighted by Crippen LogP contribution is 2.31. The lowest BCUT2D eigenvalue weighted by Crippen LogP contribution is -2.27. The third-order valence-electron chi connectivity index (χ3n) is 4.97. The Bertz CT molecular complexity index is 1340. The molecular weight excluding hydrogens is 458 g/mol. The van der Waals surface area contributed by atoms with Gasteiger partial charge in [0, 0.05) is 5.56 Å². The topological polar surface area (TPSA) is 118 Å². The van der Waals surface area contributed by atoms with Gasteiger partial charge in [0.25, 0.3) is 0 Å². The van der Waals surface area contributed by atoms with Crippen molar-refractivity contribution in [3.05, 3.63) is 77.9 Å². The van der Waals surface area contributed by atoms with Crippen LogP contribution in [-0.2, 0) is 9.53 Å². The van der Waals surface area contributed by atoms with Crippen LogP contribution in [-0.4, -0.2) is 30.5 Å². The zero-order valence-corrected chi connectivity index (χ0v) is 20.5. The number of ether oxygens (including phenoxy) is 2. The summed E-state index contributed by atoms with van der Waals surface area (Å²) in [4.78, 5) is 37.8. The first-order valence-electron chi connectivity index (χ1n) is 11.2. The molecule has 0 aromatic heterocycles. The summed E-state index contributed by atoms with van der Waals surface area (Å²) in [6.45, 7) is 5.23. The molecular formula is C28H27N3O5. The zero-order valence-electron chi connectivity index (χ0n) is 20.5. The van der Waals surface area contributed by atoms with Crippen LogP contribution in [0, 0.1) is 11.3 Å². The number of methoxy groups -OCH3 is 1. The molecule has 0 aliphatic heterocycles. The molecule has 0 spiro atoms. The second-order valence-electron chi connectivity index (χ2n) is 8.96. The fourth-order valence-electron chi connectivity index (χ4n) is 3.36. The number of anilines is 2. The largest absolute Gasteiger partial charge is 0.497 e. The predicted octanol–water partition coefficient (Wildman–Crippen LogP) is 5.79. The van der Waals surface area contributed by atoms with Gasteiger partial charge in [-0.1, -0.05) is 30.3 Å². The van der Waals surface area contributed by atoms with Gasteiger partial charge in [0.15, 0.2) is 5.78 Å². The smallest absolute Gasteiger partial charge is 0.412 e. The highest BCUT2D eigenvalue weighted by Gasteiger charge is 2.19. The van der Waals surface area contributed by atoms with Crippen molar-refractivity contribution in [1.82, 2.24) is 0 Å². The molecule has 0 unspecified atom stereocenters. The lowest BCUT2D eigenvalue weighted by molar-refractivity contribution is -0.115. The van der Waals surface area contributed by atoms with E-state index in [-0.39, 0.29) is 5.56 Å². The summed E-state index contributed by atoms with van der Waals surface area (Å²) in [5.41, 5.74) is 2.08. The number of ketones is 1. The molecule has 36 heavy (non-hydrogen) atoms. The minimum absolute atomic E-state index is 0.265. The number of nitrogens with one attached hydrogen (secondary N) is 2. The molecule has 0 atom stereocenters. The molecule has 0 heterocycles. The lowest BCUT2D eigenvalue weighted by atomic mass is 10.0. The number of amides is 2. The molecule has 0 saturated carbocycles. The molecule has 8 heteroatoms. The fraction of sp³-hybridized carbons (Fsp3) is 0.214. The number of hydrogen-bond donors (Lipinski definition) is 2. The molecule has 0 aliphatic carbocycles. The van der Waals surface area contributed by atoms with E-state index in [2.05, 4.69) is 10.6 Å². The van der Waals surface area contributed by atoms with Crippen LogP contribution in [0.4, 0.5) is 16.2 Å². The molecule has 0 fully saturated rings. The average molecular weight is 486 g/mol.